The van der Waals surface area contributed by atoms with Crippen LogP contribution in [-0.4, -0.2) is 49.5 Å². The van der Waals surface area contributed by atoms with Gasteiger partial charge in [-0.1, -0.05) is 12.1 Å². The molecule has 0 unspecified atom stereocenters. The number of aryl methyl sites for hydroxylation is 1. The van der Waals surface area contributed by atoms with Crippen LogP contribution in [0.4, 0.5) is 26.3 Å². The summed E-state index contributed by atoms with van der Waals surface area (Å²) in [5.74, 6) is -0.552. The van der Waals surface area contributed by atoms with Crippen LogP contribution < -0.4 is 4.74 Å². The monoisotopic (exact) mass is 373 g/mol. The van der Waals surface area contributed by atoms with Gasteiger partial charge in [-0.3, -0.25) is 4.79 Å². The van der Waals surface area contributed by atoms with E-state index in [-0.39, 0.29) is 30.1 Å². The molecule has 0 saturated heterocycles. The third kappa shape index (κ3) is 4.17. The van der Waals surface area contributed by atoms with Crippen molar-refractivity contribution >= 4 is 5.91 Å². The van der Waals surface area contributed by atoms with E-state index in [1.54, 1.807) is 0 Å². The number of halogens is 6. The van der Waals surface area contributed by atoms with Gasteiger partial charge in [0.2, 0.25) is 5.91 Å². The van der Waals surface area contributed by atoms with E-state index in [1.807, 2.05) is 0 Å². The van der Waals surface area contributed by atoms with Crippen LogP contribution in [0.3, 0.4) is 0 Å². The molecule has 0 radical (unpaired) electrons. The van der Waals surface area contributed by atoms with Crippen molar-refractivity contribution in [3.63, 3.8) is 0 Å². The summed E-state index contributed by atoms with van der Waals surface area (Å²) in [6, 6.07) is 1.98. The minimum atomic E-state index is -5.97. The molecule has 142 valence electrons. The fraction of sp³-hybridized carbons (Fsp3) is 0.533. The molecule has 0 saturated carbocycles. The fourth-order valence-electron chi connectivity index (χ4n) is 2.13. The summed E-state index contributed by atoms with van der Waals surface area (Å²) >= 11 is 0. The highest BCUT2D eigenvalue weighted by Crippen LogP contribution is 2.50. The van der Waals surface area contributed by atoms with E-state index in [1.165, 1.54) is 19.0 Å². The minimum Gasteiger partial charge on any atom is -0.496 e. The highest BCUT2D eigenvalue weighted by atomic mass is 19.4. The number of hydrogen-bond donors (Lipinski definition) is 1. The molecule has 0 fully saturated rings. The Morgan fingerprint density at radius 3 is 2.04 bits per heavy atom. The Hall–Kier alpha value is -1.97. The largest absolute Gasteiger partial charge is 0.496 e. The van der Waals surface area contributed by atoms with Gasteiger partial charge in [-0.2, -0.15) is 26.3 Å². The molecule has 10 heteroatoms. The Morgan fingerprint density at radius 1 is 1.12 bits per heavy atom. The summed E-state index contributed by atoms with van der Waals surface area (Å²) in [6.45, 7) is 0. The van der Waals surface area contributed by atoms with Crippen molar-refractivity contribution in [2.24, 2.45) is 0 Å². The average Bonchev–Trinajstić information content (AvgIpc) is 2.49. The maximum absolute atomic E-state index is 12.9. The summed E-state index contributed by atoms with van der Waals surface area (Å²) in [6.07, 6.45) is -11.9. The number of alkyl halides is 6. The molecule has 0 bridgehead atoms. The molecule has 1 aromatic rings. The predicted molar refractivity (Wildman–Crippen MR) is 76.0 cm³/mol. The van der Waals surface area contributed by atoms with Crippen molar-refractivity contribution in [3.05, 3.63) is 29.3 Å². The van der Waals surface area contributed by atoms with Crippen LogP contribution in [0.2, 0.25) is 0 Å². The van der Waals surface area contributed by atoms with Crippen molar-refractivity contribution in [2.75, 3.05) is 21.2 Å². The molecule has 4 nitrogen and oxygen atoms in total. The molecule has 1 amide bonds. The SMILES string of the molecule is COc1cc(C(O)(C(F)(F)F)C(F)(F)F)ccc1CCC(=O)N(C)C. The number of hydrogen-bond acceptors (Lipinski definition) is 3. The van der Waals surface area contributed by atoms with Crippen LogP contribution >= 0.6 is 0 Å². The predicted octanol–water partition coefficient (Wildman–Crippen LogP) is 3.03. The molecule has 1 N–H and O–H groups in total. The minimum absolute atomic E-state index is 0.00842. The van der Waals surface area contributed by atoms with Gasteiger partial charge in [0.25, 0.3) is 5.60 Å². The van der Waals surface area contributed by atoms with E-state index >= 15 is 0 Å². The molecular formula is C15H17F6NO3. The maximum Gasteiger partial charge on any atom is 0.430 e. The first-order valence-corrected chi connectivity index (χ1v) is 6.99. The van der Waals surface area contributed by atoms with Crippen molar-refractivity contribution in [1.82, 2.24) is 4.90 Å². The zero-order chi connectivity index (χ0) is 19.6. The number of carbonyl (C=O) groups excluding carboxylic acids is 1. The zero-order valence-corrected chi connectivity index (χ0v) is 13.6. The van der Waals surface area contributed by atoms with Crippen molar-refractivity contribution in [3.8, 4) is 5.75 Å². The van der Waals surface area contributed by atoms with E-state index in [0.29, 0.717) is 12.1 Å². The maximum atomic E-state index is 12.9. The number of carbonyl (C=O) groups is 1. The normalized spacial score (nSPS) is 12.9. The highest BCUT2D eigenvalue weighted by molar-refractivity contribution is 5.75. The highest BCUT2D eigenvalue weighted by Gasteiger charge is 2.71. The third-order valence-electron chi connectivity index (χ3n) is 3.63. The van der Waals surface area contributed by atoms with Gasteiger partial charge in [-0.15, -0.1) is 0 Å². The number of aliphatic hydroxyl groups is 1. The molecule has 0 heterocycles. The first kappa shape index (κ1) is 21.1. The van der Waals surface area contributed by atoms with Crippen LogP contribution in [0, 0.1) is 0 Å². The van der Waals surface area contributed by atoms with Gasteiger partial charge >= 0.3 is 12.4 Å². The van der Waals surface area contributed by atoms with Crippen LogP contribution in [-0.2, 0) is 16.8 Å². The Balaban J connectivity index is 3.29. The molecule has 0 aliphatic rings. The zero-order valence-electron chi connectivity index (χ0n) is 13.6. The molecular weight excluding hydrogens is 356 g/mol. The van der Waals surface area contributed by atoms with Crippen LogP contribution in [0.5, 0.6) is 5.75 Å². The van der Waals surface area contributed by atoms with Gasteiger partial charge in [0.05, 0.1) is 7.11 Å². The number of amides is 1. The van der Waals surface area contributed by atoms with Gasteiger partial charge in [-0.25, -0.2) is 0 Å². The second kappa shape index (κ2) is 7.11. The molecule has 25 heavy (non-hydrogen) atoms. The molecule has 0 aliphatic heterocycles. The lowest BCUT2D eigenvalue weighted by molar-refractivity contribution is -0.376. The number of methoxy groups -OCH3 is 1. The smallest absolute Gasteiger partial charge is 0.430 e. The lowest BCUT2D eigenvalue weighted by Crippen LogP contribution is -2.53. The van der Waals surface area contributed by atoms with E-state index in [9.17, 15) is 36.2 Å². The summed E-state index contributed by atoms with van der Waals surface area (Å²) < 4.78 is 82.3. The van der Waals surface area contributed by atoms with Gasteiger partial charge in [-0.05, 0) is 18.1 Å². The second-order valence-corrected chi connectivity index (χ2v) is 5.52. The second-order valence-electron chi connectivity index (χ2n) is 5.52. The summed E-state index contributed by atoms with van der Waals surface area (Å²) in [5.41, 5.74) is -6.19. The van der Waals surface area contributed by atoms with E-state index in [0.717, 1.165) is 13.2 Å². The van der Waals surface area contributed by atoms with E-state index in [2.05, 4.69) is 0 Å². The van der Waals surface area contributed by atoms with Crippen molar-refractivity contribution in [1.29, 1.82) is 0 Å². The first-order chi connectivity index (χ1) is 11.3. The van der Waals surface area contributed by atoms with E-state index < -0.39 is 23.5 Å². The van der Waals surface area contributed by atoms with Crippen LogP contribution in [0.25, 0.3) is 0 Å². The van der Waals surface area contributed by atoms with Crippen LogP contribution in [0.1, 0.15) is 17.5 Å². The Labute approximate surface area is 140 Å². The van der Waals surface area contributed by atoms with Gasteiger partial charge in [0.15, 0.2) is 0 Å². The standard InChI is InChI=1S/C15H17F6NO3/c1-22(2)12(23)7-5-9-4-6-10(8-11(9)25-3)13(24,14(16,17)18)15(19,20)21/h4,6,8,24H,5,7H2,1-3H3. The Morgan fingerprint density at radius 2 is 1.64 bits per heavy atom. The van der Waals surface area contributed by atoms with Crippen molar-refractivity contribution < 1.29 is 41.0 Å². The molecule has 0 aromatic heterocycles. The van der Waals surface area contributed by atoms with Crippen molar-refractivity contribution in [2.45, 2.75) is 30.8 Å². The number of nitrogens with zero attached hydrogens (tertiary/aromatic N) is 1. The number of benzene rings is 1. The van der Waals surface area contributed by atoms with Crippen LogP contribution in [0.15, 0.2) is 18.2 Å². The van der Waals surface area contributed by atoms with E-state index in [4.69, 9.17) is 4.74 Å². The van der Waals surface area contributed by atoms with Gasteiger partial charge in [0, 0.05) is 26.1 Å². The fourth-order valence-corrected chi connectivity index (χ4v) is 2.13. The quantitative estimate of drug-likeness (QED) is 0.808. The molecule has 1 aromatic carbocycles. The number of ether oxygens (including phenoxy) is 1. The third-order valence-corrected chi connectivity index (χ3v) is 3.63. The summed E-state index contributed by atoms with van der Waals surface area (Å²) in [7, 11) is 4.08. The lowest BCUT2D eigenvalue weighted by atomic mass is 9.90. The van der Waals surface area contributed by atoms with Gasteiger partial charge < -0.3 is 14.7 Å². The Bertz CT molecular complexity index is 611. The molecule has 0 atom stereocenters. The van der Waals surface area contributed by atoms with Gasteiger partial charge in [0.1, 0.15) is 5.75 Å². The summed E-state index contributed by atoms with van der Waals surface area (Å²) in [5, 5.41) is 9.39. The molecule has 0 spiro atoms. The number of rotatable bonds is 5. The molecule has 1 rings (SSSR count). The first-order valence-electron chi connectivity index (χ1n) is 6.99. The summed E-state index contributed by atoms with van der Waals surface area (Å²) in [4.78, 5) is 12.9. The lowest BCUT2D eigenvalue weighted by Gasteiger charge is -2.33. The topological polar surface area (TPSA) is 49.8 Å². The Kier molecular flexibility index (Phi) is 5.99. The average molecular weight is 373 g/mol. The molecule has 0 aliphatic carbocycles.